The van der Waals surface area contributed by atoms with Crippen LogP contribution < -0.4 is 10.1 Å². The number of rotatable bonds is 8. The molecule has 2 unspecified atom stereocenters. The lowest BCUT2D eigenvalue weighted by Gasteiger charge is -2.20. The van der Waals surface area contributed by atoms with Crippen LogP contribution in [0.5, 0.6) is 5.75 Å². The number of hydrogen-bond acceptors (Lipinski definition) is 12. The van der Waals surface area contributed by atoms with Gasteiger partial charge in [0.1, 0.15) is 22.8 Å². The number of aliphatic hydroxyl groups is 3. The molecule has 0 aromatic carbocycles. The number of aliphatic hydroxyl groups excluding tert-OH is 3. The highest BCUT2D eigenvalue weighted by atomic mass is 32.2. The van der Waals surface area contributed by atoms with Crippen LogP contribution in [0.4, 0.5) is 0 Å². The van der Waals surface area contributed by atoms with Crippen LogP contribution in [-0.2, 0) is 30.0 Å². The summed E-state index contributed by atoms with van der Waals surface area (Å²) in [7, 11) is -4.84. The van der Waals surface area contributed by atoms with Crippen LogP contribution in [0.15, 0.2) is 22.6 Å². The summed E-state index contributed by atoms with van der Waals surface area (Å²) in [6.07, 6.45) is -0.554. The molecule has 1 aromatic rings. The summed E-state index contributed by atoms with van der Waals surface area (Å²) in [5.74, 6) is -3.59. The van der Waals surface area contributed by atoms with Crippen LogP contribution in [0.25, 0.3) is 6.08 Å². The molecule has 2 aliphatic rings. The minimum absolute atomic E-state index is 0.0107. The van der Waals surface area contributed by atoms with Crippen molar-refractivity contribution < 1.29 is 53.3 Å². The Morgan fingerprint density at radius 3 is 2.64 bits per heavy atom. The lowest BCUT2D eigenvalue weighted by molar-refractivity contribution is -0.147. The van der Waals surface area contributed by atoms with E-state index in [1.807, 2.05) is 0 Å². The van der Waals surface area contributed by atoms with E-state index in [-0.39, 0.29) is 31.8 Å². The van der Waals surface area contributed by atoms with Gasteiger partial charge in [-0.25, -0.2) is 9.36 Å². The summed E-state index contributed by atoms with van der Waals surface area (Å²) in [6, 6.07) is 0. The first-order valence-corrected chi connectivity index (χ1v) is 11.7. The number of phosphoric ester groups is 1. The maximum atomic E-state index is 12.1. The molecule has 1 saturated heterocycles. The number of esters is 1. The van der Waals surface area contributed by atoms with Gasteiger partial charge in [0.15, 0.2) is 11.9 Å². The quantitative estimate of drug-likeness (QED) is 0.119. The number of thioether (sulfide) groups is 1. The van der Waals surface area contributed by atoms with E-state index < -0.39 is 56.6 Å². The smallest absolute Gasteiger partial charge is 0.469 e. The van der Waals surface area contributed by atoms with Crippen molar-refractivity contribution in [2.45, 2.75) is 25.7 Å². The SMILES string of the molecule is Cc1ncc(COP(=O)(O)O)c(/C=C2\SC(=S)NC2=O)c1OCC(O)C1OC(=O)C(O)=C1O. The summed E-state index contributed by atoms with van der Waals surface area (Å²) in [4.78, 5) is 45.7. The van der Waals surface area contributed by atoms with Gasteiger partial charge in [0.05, 0.1) is 17.2 Å². The normalized spacial score (nSPS) is 20.9. The number of ether oxygens (including phenoxy) is 2. The molecule has 13 nitrogen and oxygen atoms in total. The van der Waals surface area contributed by atoms with Gasteiger partial charge in [-0.3, -0.25) is 14.3 Å². The van der Waals surface area contributed by atoms with Crippen molar-refractivity contribution in [3.8, 4) is 5.75 Å². The standard InChI is InChI=1S/C17H17N2O11PS2/c1-6-13(28-5-9(20)14-11(21)12(22)16(24)30-14)8(2-10-15(23)19-17(32)33-10)7(3-18-6)4-29-31(25,26)27/h2-3,9,14,20-22H,4-5H2,1H3,(H,19,23,32)(H2,25,26,27)/b10-2-. The number of phosphoric acid groups is 1. The average Bonchev–Trinajstić information content (AvgIpc) is 3.18. The number of carbonyl (C=O) groups excluding carboxylic acids is 2. The van der Waals surface area contributed by atoms with E-state index in [1.54, 1.807) is 0 Å². The molecule has 3 rings (SSSR count). The minimum Gasteiger partial charge on any atom is -0.505 e. The van der Waals surface area contributed by atoms with E-state index >= 15 is 0 Å². The van der Waals surface area contributed by atoms with Crippen LogP contribution >= 0.6 is 31.8 Å². The summed E-state index contributed by atoms with van der Waals surface area (Å²) in [5, 5.41) is 31.8. The number of aryl methyl sites for hydroxylation is 1. The van der Waals surface area contributed by atoms with E-state index in [4.69, 9.17) is 26.7 Å². The maximum absolute atomic E-state index is 12.1. The number of carbonyl (C=O) groups is 2. The number of nitrogens with zero attached hydrogens (tertiary/aromatic N) is 1. The van der Waals surface area contributed by atoms with Crippen molar-refractivity contribution in [3.05, 3.63) is 39.4 Å². The fourth-order valence-electron chi connectivity index (χ4n) is 2.79. The Morgan fingerprint density at radius 1 is 1.39 bits per heavy atom. The second-order valence-corrected chi connectivity index (χ2v) is 9.62. The molecule has 2 atom stereocenters. The van der Waals surface area contributed by atoms with Gasteiger partial charge in [-0.2, -0.15) is 0 Å². The van der Waals surface area contributed by atoms with Crippen molar-refractivity contribution in [1.29, 1.82) is 0 Å². The van der Waals surface area contributed by atoms with E-state index in [2.05, 4.69) is 19.6 Å². The van der Waals surface area contributed by atoms with Gasteiger partial charge >= 0.3 is 13.8 Å². The number of pyridine rings is 1. The molecule has 1 amide bonds. The topological polar surface area (TPSA) is 205 Å². The summed E-state index contributed by atoms with van der Waals surface area (Å²) >= 11 is 5.90. The Hall–Kier alpha value is -2.52. The fraction of sp³-hybridized carbons (Fsp3) is 0.294. The molecule has 1 aromatic heterocycles. The number of cyclic esters (lactones) is 1. The van der Waals surface area contributed by atoms with Crippen molar-refractivity contribution in [1.82, 2.24) is 10.3 Å². The third kappa shape index (κ3) is 5.89. The molecule has 2 aliphatic heterocycles. The van der Waals surface area contributed by atoms with Crippen molar-refractivity contribution >= 4 is 54.1 Å². The number of thiocarbonyl (C=S) groups is 1. The Balaban J connectivity index is 1.93. The predicted octanol–water partition coefficient (Wildman–Crippen LogP) is 0.481. The van der Waals surface area contributed by atoms with Crippen molar-refractivity contribution in [3.63, 3.8) is 0 Å². The third-order valence-electron chi connectivity index (χ3n) is 4.33. The molecule has 0 spiro atoms. The average molecular weight is 520 g/mol. The van der Waals surface area contributed by atoms with Crippen LogP contribution in [-0.4, -0.2) is 65.1 Å². The Labute approximate surface area is 195 Å². The zero-order valence-electron chi connectivity index (χ0n) is 16.6. The van der Waals surface area contributed by atoms with Gasteiger partial charge in [0, 0.05) is 17.3 Å². The van der Waals surface area contributed by atoms with Crippen LogP contribution in [0.1, 0.15) is 16.8 Å². The summed E-state index contributed by atoms with van der Waals surface area (Å²) in [5.41, 5.74) is 0.572. The predicted molar refractivity (Wildman–Crippen MR) is 116 cm³/mol. The van der Waals surface area contributed by atoms with E-state index in [9.17, 15) is 29.5 Å². The molecule has 0 aliphatic carbocycles. The van der Waals surface area contributed by atoms with Crippen molar-refractivity contribution in [2.24, 2.45) is 0 Å². The molecule has 16 heteroatoms. The molecular weight excluding hydrogens is 503 g/mol. The summed E-state index contributed by atoms with van der Waals surface area (Å²) < 4.78 is 26.2. The molecular formula is C17H17N2O11PS2. The molecule has 0 radical (unpaired) electrons. The van der Waals surface area contributed by atoms with Gasteiger partial charge in [-0.1, -0.05) is 24.0 Å². The van der Waals surface area contributed by atoms with Gasteiger partial charge in [0.25, 0.3) is 5.91 Å². The first-order valence-electron chi connectivity index (χ1n) is 8.94. The summed E-state index contributed by atoms with van der Waals surface area (Å²) in [6.45, 7) is 0.376. The van der Waals surface area contributed by atoms with Gasteiger partial charge < -0.3 is 39.9 Å². The molecule has 1 fully saturated rings. The Morgan fingerprint density at radius 2 is 2.09 bits per heavy atom. The Kier molecular flexibility index (Phi) is 7.43. The van der Waals surface area contributed by atoms with Gasteiger partial charge in [-0.05, 0) is 13.0 Å². The number of amides is 1. The first kappa shape index (κ1) is 25.1. The minimum atomic E-state index is -4.84. The highest BCUT2D eigenvalue weighted by Crippen LogP contribution is 2.39. The largest absolute Gasteiger partial charge is 0.505 e. The third-order valence-corrected chi connectivity index (χ3v) is 5.95. The molecule has 3 heterocycles. The van der Waals surface area contributed by atoms with Crippen molar-refractivity contribution in [2.75, 3.05) is 6.61 Å². The van der Waals surface area contributed by atoms with E-state index in [0.717, 1.165) is 11.8 Å². The number of nitrogens with one attached hydrogen (secondary N) is 1. The van der Waals surface area contributed by atoms with Gasteiger partial charge in [0.2, 0.25) is 5.76 Å². The second kappa shape index (κ2) is 9.77. The van der Waals surface area contributed by atoms with E-state index in [0.29, 0.717) is 0 Å². The first-order chi connectivity index (χ1) is 15.4. The molecule has 0 saturated carbocycles. The molecule has 33 heavy (non-hydrogen) atoms. The van der Waals surface area contributed by atoms with Crippen LogP contribution in [0, 0.1) is 6.92 Å². The number of aromatic nitrogens is 1. The fourth-order valence-corrected chi connectivity index (χ4v) is 4.12. The molecule has 6 N–H and O–H groups in total. The lowest BCUT2D eigenvalue weighted by Crippen LogP contribution is -2.34. The highest BCUT2D eigenvalue weighted by molar-refractivity contribution is 8.26. The van der Waals surface area contributed by atoms with Crippen LogP contribution in [0.3, 0.4) is 0 Å². The highest BCUT2D eigenvalue weighted by Gasteiger charge is 2.39. The zero-order chi connectivity index (χ0) is 24.5. The van der Waals surface area contributed by atoms with E-state index in [1.165, 1.54) is 19.2 Å². The monoisotopic (exact) mass is 520 g/mol. The number of hydrogen-bond donors (Lipinski definition) is 6. The van der Waals surface area contributed by atoms with Gasteiger partial charge in [-0.15, -0.1) is 0 Å². The van der Waals surface area contributed by atoms with Crippen LogP contribution in [0.2, 0.25) is 0 Å². The lowest BCUT2D eigenvalue weighted by atomic mass is 10.1. The molecule has 178 valence electrons. The Bertz CT molecular complexity index is 1130. The maximum Gasteiger partial charge on any atom is 0.469 e. The molecule has 0 bridgehead atoms. The zero-order valence-corrected chi connectivity index (χ0v) is 19.1. The second-order valence-electron chi connectivity index (χ2n) is 6.67.